The quantitative estimate of drug-likeness (QED) is 0.182. The Morgan fingerprint density at radius 1 is 1.19 bits per heavy atom. The van der Waals surface area contributed by atoms with Gasteiger partial charge in [0.25, 0.3) is 0 Å². The highest BCUT2D eigenvalue weighted by atomic mass is 16.5. The maximum atomic E-state index is 12.5. The monoisotopic (exact) mass is 422 g/mol. The number of hydrogen-bond donors (Lipinski definition) is 2. The lowest BCUT2D eigenvalue weighted by molar-refractivity contribution is -0.0140. The SMILES string of the molecule is CCOC(=O)c1ccccc1C(=[N+]=[N-])NC1(c2c(N)cccc2OC)CCC(C)CC1. The molecule has 1 fully saturated rings. The zero-order chi connectivity index (χ0) is 22.4. The third-order valence-corrected chi connectivity index (χ3v) is 6.02. The summed E-state index contributed by atoms with van der Waals surface area (Å²) in [5.41, 5.74) is 18.0. The van der Waals surface area contributed by atoms with Crippen LogP contribution in [-0.2, 0) is 10.3 Å². The van der Waals surface area contributed by atoms with Crippen LogP contribution in [0.1, 0.15) is 61.0 Å². The molecule has 0 atom stereocenters. The predicted molar refractivity (Wildman–Crippen MR) is 120 cm³/mol. The number of benzene rings is 2. The molecule has 31 heavy (non-hydrogen) atoms. The van der Waals surface area contributed by atoms with E-state index >= 15 is 0 Å². The van der Waals surface area contributed by atoms with Gasteiger partial charge in [0.05, 0.1) is 30.4 Å². The molecule has 0 aromatic heterocycles. The van der Waals surface area contributed by atoms with E-state index in [0.29, 0.717) is 28.5 Å². The van der Waals surface area contributed by atoms with Crippen molar-refractivity contribution in [2.75, 3.05) is 19.5 Å². The number of nitrogen functional groups attached to an aromatic ring is 1. The molecule has 0 spiro atoms. The van der Waals surface area contributed by atoms with Crippen molar-refractivity contribution in [1.29, 1.82) is 0 Å². The Balaban J connectivity index is 2.10. The average molecular weight is 423 g/mol. The Labute approximate surface area is 183 Å². The molecule has 3 rings (SSSR count). The Kier molecular flexibility index (Phi) is 6.98. The van der Waals surface area contributed by atoms with Crippen LogP contribution < -0.4 is 15.8 Å². The number of esters is 1. The fourth-order valence-corrected chi connectivity index (χ4v) is 4.37. The van der Waals surface area contributed by atoms with E-state index in [1.54, 1.807) is 38.3 Å². The smallest absolute Gasteiger partial charge is 0.361 e. The van der Waals surface area contributed by atoms with Gasteiger partial charge in [-0.2, -0.15) is 0 Å². The lowest BCUT2D eigenvalue weighted by Crippen LogP contribution is -2.49. The van der Waals surface area contributed by atoms with Gasteiger partial charge in [0, 0.05) is 5.69 Å². The van der Waals surface area contributed by atoms with E-state index in [4.69, 9.17) is 15.2 Å². The van der Waals surface area contributed by atoms with Gasteiger partial charge in [-0.15, -0.1) is 0 Å². The second-order valence-electron chi connectivity index (χ2n) is 8.03. The first-order valence-corrected chi connectivity index (χ1v) is 10.7. The molecule has 0 saturated heterocycles. The van der Waals surface area contributed by atoms with Crippen molar-refractivity contribution in [3.63, 3.8) is 0 Å². The summed E-state index contributed by atoms with van der Waals surface area (Å²) < 4.78 is 10.8. The summed E-state index contributed by atoms with van der Waals surface area (Å²) in [5.74, 6) is 0.984. The summed E-state index contributed by atoms with van der Waals surface area (Å²) in [6.45, 7) is 4.24. The summed E-state index contributed by atoms with van der Waals surface area (Å²) in [6, 6.07) is 12.5. The molecule has 2 aromatic carbocycles. The molecule has 0 unspecified atom stereocenters. The number of ether oxygens (including phenoxy) is 2. The third-order valence-electron chi connectivity index (χ3n) is 6.02. The summed E-state index contributed by atoms with van der Waals surface area (Å²) in [5, 5.41) is 3.46. The minimum absolute atomic E-state index is 0.198. The van der Waals surface area contributed by atoms with E-state index in [9.17, 15) is 10.3 Å². The number of nitrogens with zero attached hydrogens (tertiary/aromatic N) is 2. The van der Waals surface area contributed by atoms with Crippen molar-refractivity contribution in [2.24, 2.45) is 5.92 Å². The second kappa shape index (κ2) is 9.67. The van der Waals surface area contributed by atoms with E-state index in [-0.39, 0.29) is 12.4 Å². The molecule has 7 heteroatoms. The maximum absolute atomic E-state index is 12.5. The fraction of sp³-hybridized carbons (Fsp3) is 0.417. The van der Waals surface area contributed by atoms with Crippen LogP contribution in [0.4, 0.5) is 5.69 Å². The highest BCUT2D eigenvalue weighted by molar-refractivity contribution is 6.05. The molecule has 0 heterocycles. The number of methoxy groups -OCH3 is 1. The van der Waals surface area contributed by atoms with Crippen LogP contribution in [0.15, 0.2) is 42.5 Å². The van der Waals surface area contributed by atoms with Crippen molar-refractivity contribution in [2.45, 2.75) is 45.1 Å². The molecule has 1 saturated carbocycles. The van der Waals surface area contributed by atoms with Gasteiger partial charge in [0.1, 0.15) is 11.3 Å². The van der Waals surface area contributed by atoms with Gasteiger partial charge < -0.3 is 25.5 Å². The molecule has 0 amide bonds. The van der Waals surface area contributed by atoms with Crippen LogP contribution in [-0.4, -0.2) is 30.3 Å². The van der Waals surface area contributed by atoms with E-state index < -0.39 is 11.5 Å². The van der Waals surface area contributed by atoms with Gasteiger partial charge in [-0.05, 0) is 62.8 Å². The molecule has 164 valence electrons. The molecular weight excluding hydrogens is 392 g/mol. The van der Waals surface area contributed by atoms with Gasteiger partial charge in [0.2, 0.25) is 0 Å². The van der Waals surface area contributed by atoms with Gasteiger partial charge in [-0.3, -0.25) is 5.32 Å². The van der Waals surface area contributed by atoms with E-state index in [1.807, 2.05) is 18.2 Å². The van der Waals surface area contributed by atoms with Gasteiger partial charge in [0.15, 0.2) is 0 Å². The molecule has 3 N–H and O–H groups in total. The minimum Gasteiger partial charge on any atom is -0.497 e. The zero-order valence-corrected chi connectivity index (χ0v) is 18.4. The summed E-state index contributed by atoms with van der Waals surface area (Å²) in [4.78, 5) is 16.0. The highest BCUT2D eigenvalue weighted by Crippen LogP contribution is 2.45. The van der Waals surface area contributed by atoms with Crippen LogP contribution in [0.3, 0.4) is 0 Å². The van der Waals surface area contributed by atoms with Crippen LogP contribution >= 0.6 is 0 Å². The summed E-state index contributed by atoms with van der Waals surface area (Å²) >= 11 is 0. The number of nitrogens with one attached hydrogen (secondary N) is 1. The number of anilines is 1. The fourth-order valence-electron chi connectivity index (χ4n) is 4.37. The van der Waals surface area contributed by atoms with E-state index in [0.717, 1.165) is 31.2 Å². The summed E-state index contributed by atoms with van der Waals surface area (Å²) in [7, 11) is 1.62. The van der Waals surface area contributed by atoms with Gasteiger partial charge in [-0.1, -0.05) is 25.1 Å². The number of amidine groups is 1. The van der Waals surface area contributed by atoms with Crippen LogP contribution in [0.5, 0.6) is 5.75 Å². The first kappa shape index (κ1) is 22.4. The van der Waals surface area contributed by atoms with E-state index in [2.05, 4.69) is 17.0 Å². The minimum atomic E-state index is -0.605. The Bertz CT molecular complexity index is 990. The van der Waals surface area contributed by atoms with Crippen molar-refractivity contribution in [3.8, 4) is 5.75 Å². The molecule has 0 radical (unpaired) electrons. The molecule has 0 bridgehead atoms. The third kappa shape index (κ3) is 4.57. The number of carbonyl (C=O) groups excluding carboxylic acids is 1. The number of nitrogens with two attached hydrogens (primary N) is 1. The molecule has 1 aliphatic carbocycles. The molecule has 0 aliphatic heterocycles. The van der Waals surface area contributed by atoms with Crippen LogP contribution in [0.2, 0.25) is 0 Å². The summed E-state index contributed by atoms with van der Waals surface area (Å²) in [6.07, 6.45) is 3.50. The average Bonchev–Trinajstić information content (AvgIpc) is 2.79. The van der Waals surface area contributed by atoms with Crippen molar-refractivity contribution < 1.29 is 19.1 Å². The number of rotatable bonds is 6. The van der Waals surface area contributed by atoms with Gasteiger partial charge in [-0.25, -0.2) is 4.79 Å². The first-order chi connectivity index (χ1) is 15.0. The molecule has 7 nitrogen and oxygen atoms in total. The molecular formula is C24H30N4O3. The molecule has 2 aromatic rings. The van der Waals surface area contributed by atoms with Crippen LogP contribution in [0, 0.1) is 5.92 Å². The maximum Gasteiger partial charge on any atom is 0.361 e. The largest absolute Gasteiger partial charge is 0.497 e. The second-order valence-corrected chi connectivity index (χ2v) is 8.03. The highest BCUT2D eigenvalue weighted by Gasteiger charge is 2.45. The van der Waals surface area contributed by atoms with E-state index in [1.165, 1.54) is 0 Å². The first-order valence-electron chi connectivity index (χ1n) is 10.7. The Hall–Kier alpha value is -3.31. The van der Waals surface area contributed by atoms with Crippen molar-refractivity contribution in [1.82, 2.24) is 5.32 Å². The van der Waals surface area contributed by atoms with Crippen LogP contribution in [0.25, 0.3) is 5.53 Å². The lowest BCUT2D eigenvalue weighted by atomic mass is 9.72. The molecule has 1 aliphatic rings. The lowest BCUT2D eigenvalue weighted by Gasteiger charge is -2.38. The topological polar surface area (TPSA) is 110 Å². The standard InChI is InChI=1S/C24H30N4O3/c1-4-31-23(29)18-9-6-5-8-17(18)22(28-26)27-24(14-12-16(2)13-15-24)21-19(25)10-7-11-20(21)30-3/h5-11,16,27H,4,12-15,25H2,1-3H3. The van der Waals surface area contributed by atoms with Crippen molar-refractivity contribution in [3.05, 3.63) is 64.7 Å². The van der Waals surface area contributed by atoms with Crippen molar-refractivity contribution >= 4 is 17.5 Å². The number of carbonyl (C=O) groups is 1. The number of hydrogen-bond acceptors (Lipinski definition) is 4. The normalized spacial score (nSPS) is 20.4. The Morgan fingerprint density at radius 3 is 2.48 bits per heavy atom. The van der Waals surface area contributed by atoms with Gasteiger partial charge >= 0.3 is 11.8 Å². The zero-order valence-electron chi connectivity index (χ0n) is 18.4. The Morgan fingerprint density at radius 2 is 1.87 bits per heavy atom. The predicted octanol–water partition coefficient (Wildman–Crippen LogP) is 4.13.